The van der Waals surface area contributed by atoms with Gasteiger partial charge in [-0.15, -0.1) is 0 Å². The summed E-state index contributed by atoms with van der Waals surface area (Å²) in [7, 11) is 0. The topological polar surface area (TPSA) is 19.0 Å². The van der Waals surface area contributed by atoms with E-state index in [4.69, 9.17) is 4.74 Å². The van der Waals surface area contributed by atoms with Crippen molar-refractivity contribution in [3.8, 4) is 0 Å². The smallest absolute Gasteiger partial charge is 0.0936 e. The molecule has 0 spiro atoms. The summed E-state index contributed by atoms with van der Waals surface area (Å²) in [5, 5.41) is 0. The first-order valence-corrected chi connectivity index (χ1v) is 8.58. The van der Waals surface area contributed by atoms with Crippen LogP contribution >= 0.6 is 0 Å². The molecule has 2 aromatic carbocycles. The number of nitrogens with zero attached hydrogens (tertiary/aromatic N) is 2. The van der Waals surface area contributed by atoms with E-state index in [1.54, 1.807) is 0 Å². The molecule has 0 saturated carbocycles. The maximum atomic E-state index is 5.37. The number of ether oxygens (including phenoxy) is 1. The fourth-order valence-electron chi connectivity index (χ4n) is 3.55. The maximum Gasteiger partial charge on any atom is 0.0936 e. The van der Waals surface area contributed by atoms with Gasteiger partial charge in [-0.3, -0.25) is 9.80 Å². The van der Waals surface area contributed by atoms with E-state index >= 15 is 0 Å². The largest absolute Gasteiger partial charge is 0.372 e. The van der Waals surface area contributed by atoms with Gasteiger partial charge < -0.3 is 4.74 Å². The number of hydrogen-bond acceptors (Lipinski definition) is 3. The van der Waals surface area contributed by atoms with Crippen molar-refractivity contribution in [3.05, 3.63) is 71.8 Å². The molecule has 2 aromatic rings. The Bertz CT molecular complexity index is 565. The van der Waals surface area contributed by atoms with Gasteiger partial charge in [0.1, 0.15) is 0 Å². The molecule has 2 aliphatic rings. The summed E-state index contributed by atoms with van der Waals surface area (Å²) in [6.45, 7) is 6.56. The molecular formula is C20H24N2O. The Morgan fingerprint density at radius 3 is 1.83 bits per heavy atom. The second kappa shape index (κ2) is 6.83. The van der Waals surface area contributed by atoms with Gasteiger partial charge in [-0.1, -0.05) is 60.7 Å². The normalized spacial score (nSPS) is 22.4. The minimum Gasteiger partial charge on any atom is -0.372 e. The molecule has 0 bridgehead atoms. The van der Waals surface area contributed by atoms with E-state index in [2.05, 4.69) is 70.5 Å². The van der Waals surface area contributed by atoms with Crippen molar-refractivity contribution in [1.29, 1.82) is 0 Å². The van der Waals surface area contributed by atoms with Crippen LogP contribution in [0.5, 0.6) is 0 Å². The highest BCUT2D eigenvalue weighted by Gasteiger charge is 2.30. The second-order valence-corrected chi connectivity index (χ2v) is 6.52. The van der Waals surface area contributed by atoms with Crippen molar-refractivity contribution in [2.24, 2.45) is 0 Å². The summed E-state index contributed by atoms with van der Waals surface area (Å²) < 4.78 is 5.37. The molecule has 2 aliphatic heterocycles. The zero-order chi connectivity index (χ0) is 15.5. The highest BCUT2D eigenvalue weighted by atomic mass is 16.6. The van der Waals surface area contributed by atoms with Crippen molar-refractivity contribution in [1.82, 2.24) is 9.80 Å². The van der Waals surface area contributed by atoms with Gasteiger partial charge in [0.2, 0.25) is 0 Å². The highest BCUT2D eigenvalue weighted by molar-refractivity contribution is 5.31. The lowest BCUT2D eigenvalue weighted by Crippen LogP contribution is -2.48. The molecule has 3 nitrogen and oxygen atoms in total. The average molecular weight is 308 g/mol. The Labute approximate surface area is 138 Å². The minimum atomic E-state index is 0.358. The predicted molar refractivity (Wildman–Crippen MR) is 92.5 cm³/mol. The van der Waals surface area contributed by atoms with Gasteiger partial charge in [0.15, 0.2) is 0 Å². The summed E-state index contributed by atoms with van der Waals surface area (Å²) >= 11 is 0. The fourth-order valence-corrected chi connectivity index (χ4v) is 3.55. The van der Waals surface area contributed by atoms with E-state index < -0.39 is 0 Å². The predicted octanol–water partition coefficient (Wildman–Crippen LogP) is 2.79. The Kier molecular flexibility index (Phi) is 4.42. The first kappa shape index (κ1) is 14.9. The van der Waals surface area contributed by atoms with Crippen LogP contribution < -0.4 is 0 Å². The Morgan fingerprint density at radius 1 is 0.826 bits per heavy atom. The monoisotopic (exact) mass is 308 g/mol. The summed E-state index contributed by atoms with van der Waals surface area (Å²) in [5.74, 6) is 0. The molecule has 120 valence electrons. The third-order valence-electron chi connectivity index (χ3n) is 4.87. The SMILES string of the molecule is c1ccc(C(c2ccccc2)N2CCN(C[C@H]3CO3)CC2)cc1. The summed E-state index contributed by atoms with van der Waals surface area (Å²) in [6, 6.07) is 22.1. The lowest BCUT2D eigenvalue weighted by Gasteiger charge is -2.39. The van der Waals surface area contributed by atoms with Crippen molar-refractivity contribution in [3.63, 3.8) is 0 Å². The third kappa shape index (κ3) is 3.63. The molecule has 1 atom stereocenters. The van der Waals surface area contributed by atoms with E-state index in [-0.39, 0.29) is 0 Å². The highest BCUT2D eigenvalue weighted by Crippen LogP contribution is 2.29. The van der Waals surface area contributed by atoms with E-state index in [1.165, 1.54) is 11.1 Å². The quantitative estimate of drug-likeness (QED) is 0.792. The van der Waals surface area contributed by atoms with Crippen molar-refractivity contribution < 1.29 is 4.74 Å². The third-order valence-corrected chi connectivity index (χ3v) is 4.87. The Balaban J connectivity index is 1.52. The first-order valence-electron chi connectivity index (χ1n) is 8.58. The Morgan fingerprint density at radius 2 is 1.35 bits per heavy atom. The second-order valence-electron chi connectivity index (χ2n) is 6.52. The lowest BCUT2D eigenvalue weighted by atomic mass is 9.96. The number of hydrogen-bond donors (Lipinski definition) is 0. The van der Waals surface area contributed by atoms with Crippen molar-refractivity contribution >= 4 is 0 Å². The average Bonchev–Trinajstić information content (AvgIpc) is 3.43. The van der Waals surface area contributed by atoms with Gasteiger partial charge in [0.05, 0.1) is 18.8 Å². The molecule has 4 rings (SSSR count). The molecule has 23 heavy (non-hydrogen) atoms. The minimum absolute atomic E-state index is 0.358. The molecule has 0 N–H and O–H groups in total. The molecule has 2 heterocycles. The molecule has 2 fully saturated rings. The van der Waals surface area contributed by atoms with Crippen LogP contribution in [0.1, 0.15) is 17.2 Å². The summed E-state index contributed by atoms with van der Waals surface area (Å²) in [6.07, 6.45) is 0.501. The molecule has 0 amide bonds. The van der Waals surface area contributed by atoms with E-state index in [0.717, 1.165) is 39.3 Å². The van der Waals surface area contributed by atoms with E-state index in [9.17, 15) is 0 Å². The Hall–Kier alpha value is -1.68. The van der Waals surface area contributed by atoms with Crippen LogP contribution in [0.25, 0.3) is 0 Å². The molecule has 2 saturated heterocycles. The molecule has 0 aromatic heterocycles. The molecule has 0 radical (unpaired) electrons. The maximum absolute atomic E-state index is 5.37. The van der Waals surface area contributed by atoms with Crippen LogP contribution in [0, 0.1) is 0 Å². The summed E-state index contributed by atoms with van der Waals surface area (Å²) in [5.41, 5.74) is 2.77. The zero-order valence-corrected chi connectivity index (χ0v) is 13.5. The number of piperazine rings is 1. The lowest BCUT2D eigenvalue weighted by molar-refractivity contribution is 0.104. The van der Waals surface area contributed by atoms with Crippen LogP contribution in [0.2, 0.25) is 0 Å². The molecule has 0 unspecified atom stereocenters. The standard InChI is InChI=1S/C20H24N2O/c1-3-7-17(8-4-1)20(18-9-5-2-6-10-18)22-13-11-21(12-14-22)15-19-16-23-19/h1-10,19-20H,11-16H2/t19-/m0/s1. The van der Waals surface area contributed by atoms with E-state index in [0.29, 0.717) is 12.1 Å². The van der Waals surface area contributed by atoms with Crippen LogP contribution in [0.15, 0.2) is 60.7 Å². The van der Waals surface area contributed by atoms with Gasteiger partial charge in [0, 0.05) is 32.7 Å². The van der Waals surface area contributed by atoms with Gasteiger partial charge in [-0.05, 0) is 11.1 Å². The molecule has 0 aliphatic carbocycles. The number of rotatable bonds is 5. The summed E-state index contributed by atoms with van der Waals surface area (Å²) in [4.78, 5) is 5.16. The number of benzene rings is 2. The van der Waals surface area contributed by atoms with Crippen molar-refractivity contribution in [2.45, 2.75) is 12.1 Å². The fraction of sp³-hybridized carbons (Fsp3) is 0.400. The van der Waals surface area contributed by atoms with Crippen LogP contribution in [0.3, 0.4) is 0 Å². The van der Waals surface area contributed by atoms with Crippen LogP contribution in [-0.4, -0.2) is 55.2 Å². The van der Waals surface area contributed by atoms with Crippen LogP contribution in [-0.2, 0) is 4.74 Å². The molecular weight excluding hydrogens is 284 g/mol. The van der Waals surface area contributed by atoms with Gasteiger partial charge >= 0.3 is 0 Å². The van der Waals surface area contributed by atoms with Gasteiger partial charge in [0.25, 0.3) is 0 Å². The molecule has 3 heteroatoms. The van der Waals surface area contributed by atoms with Gasteiger partial charge in [-0.2, -0.15) is 0 Å². The zero-order valence-electron chi connectivity index (χ0n) is 13.5. The van der Waals surface area contributed by atoms with Gasteiger partial charge in [-0.25, -0.2) is 0 Å². The van der Waals surface area contributed by atoms with E-state index in [1.807, 2.05) is 0 Å². The van der Waals surface area contributed by atoms with Crippen LogP contribution in [0.4, 0.5) is 0 Å². The first-order chi connectivity index (χ1) is 11.4. The number of epoxide rings is 1. The van der Waals surface area contributed by atoms with Crippen molar-refractivity contribution in [2.75, 3.05) is 39.3 Å².